The molecule has 5 heteroatoms. The van der Waals surface area contributed by atoms with Crippen LogP contribution in [0.25, 0.3) is 17.2 Å². The molecule has 0 saturated carbocycles. The molecule has 2 nitrogen and oxygen atoms in total. The molecule has 0 aliphatic carbocycles. The van der Waals surface area contributed by atoms with E-state index in [-0.39, 0.29) is 0 Å². The summed E-state index contributed by atoms with van der Waals surface area (Å²) in [5.41, 5.74) is 1.41. The Bertz CT molecular complexity index is 676. The number of benzene rings is 2. The molecule has 0 amide bonds. The van der Waals surface area contributed by atoms with Crippen LogP contribution in [0.1, 0.15) is 5.56 Å². The van der Waals surface area contributed by atoms with E-state index in [9.17, 15) is 9.18 Å². The summed E-state index contributed by atoms with van der Waals surface area (Å²) < 4.78 is 13.9. The van der Waals surface area contributed by atoms with Gasteiger partial charge >= 0.3 is 5.97 Å². The molecular weight excluding hydrogens is 302 g/mol. The molecule has 0 aliphatic heterocycles. The molecule has 2 aromatic rings. The van der Waals surface area contributed by atoms with Crippen molar-refractivity contribution in [3.8, 4) is 11.1 Å². The zero-order valence-electron chi connectivity index (χ0n) is 10.1. The van der Waals surface area contributed by atoms with E-state index in [1.165, 1.54) is 24.3 Å². The van der Waals surface area contributed by atoms with Gasteiger partial charge in [-0.05, 0) is 47.5 Å². The van der Waals surface area contributed by atoms with Crippen molar-refractivity contribution in [1.29, 1.82) is 0 Å². The molecule has 0 saturated heterocycles. The predicted octanol–water partition coefficient (Wildman–Crippen LogP) is 4.90. The quantitative estimate of drug-likeness (QED) is 0.819. The Morgan fingerprint density at radius 1 is 1.10 bits per heavy atom. The number of carboxylic acids is 1. The van der Waals surface area contributed by atoms with Crippen LogP contribution in [-0.2, 0) is 4.79 Å². The standard InChI is InChI=1S/C15H9Cl2FO2/c16-11-6-10(7-12(17)8-11)13-5-9(1-3-14(13)18)2-4-15(19)20/h1-8H,(H,19,20)/b4-2+. The van der Waals surface area contributed by atoms with E-state index in [1.807, 2.05) is 0 Å². The lowest BCUT2D eigenvalue weighted by molar-refractivity contribution is -0.131. The van der Waals surface area contributed by atoms with Gasteiger partial charge in [0.05, 0.1) is 0 Å². The van der Waals surface area contributed by atoms with Crippen LogP contribution in [0.5, 0.6) is 0 Å². The number of aliphatic carboxylic acids is 1. The second-order valence-electron chi connectivity index (χ2n) is 4.07. The van der Waals surface area contributed by atoms with Gasteiger partial charge in [0, 0.05) is 21.7 Å². The van der Waals surface area contributed by atoms with Gasteiger partial charge in [-0.15, -0.1) is 0 Å². The van der Waals surface area contributed by atoms with E-state index in [4.69, 9.17) is 28.3 Å². The Hall–Kier alpha value is -1.84. The maximum absolute atomic E-state index is 13.9. The normalized spacial score (nSPS) is 10.9. The second-order valence-corrected chi connectivity index (χ2v) is 4.94. The van der Waals surface area contributed by atoms with Gasteiger partial charge in [0.2, 0.25) is 0 Å². The van der Waals surface area contributed by atoms with Gasteiger partial charge in [-0.2, -0.15) is 0 Å². The van der Waals surface area contributed by atoms with Gasteiger partial charge in [-0.25, -0.2) is 9.18 Å². The van der Waals surface area contributed by atoms with Crippen molar-refractivity contribution in [2.75, 3.05) is 0 Å². The van der Waals surface area contributed by atoms with Crippen molar-refractivity contribution in [3.63, 3.8) is 0 Å². The lowest BCUT2D eigenvalue weighted by Crippen LogP contribution is -1.88. The Balaban J connectivity index is 2.50. The maximum Gasteiger partial charge on any atom is 0.328 e. The van der Waals surface area contributed by atoms with E-state index >= 15 is 0 Å². The lowest BCUT2D eigenvalue weighted by Gasteiger charge is -2.06. The molecule has 0 aliphatic rings. The fourth-order valence-corrected chi connectivity index (χ4v) is 2.27. The number of halogens is 3. The summed E-state index contributed by atoms with van der Waals surface area (Å²) in [6.45, 7) is 0. The molecule has 0 unspecified atom stereocenters. The van der Waals surface area contributed by atoms with Crippen LogP contribution >= 0.6 is 23.2 Å². The maximum atomic E-state index is 13.9. The van der Waals surface area contributed by atoms with Crippen LogP contribution in [0.15, 0.2) is 42.5 Å². The highest BCUT2D eigenvalue weighted by atomic mass is 35.5. The van der Waals surface area contributed by atoms with Crippen molar-refractivity contribution in [1.82, 2.24) is 0 Å². The number of rotatable bonds is 3. The molecule has 0 bridgehead atoms. The average molecular weight is 311 g/mol. The van der Waals surface area contributed by atoms with E-state index in [1.54, 1.807) is 18.2 Å². The summed E-state index contributed by atoms with van der Waals surface area (Å²) in [5, 5.41) is 9.40. The molecule has 2 rings (SSSR count). The smallest absolute Gasteiger partial charge is 0.328 e. The van der Waals surface area contributed by atoms with Gasteiger partial charge in [-0.3, -0.25) is 0 Å². The lowest BCUT2D eigenvalue weighted by atomic mass is 10.0. The third-order valence-electron chi connectivity index (χ3n) is 2.58. The van der Waals surface area contributed by atoms with Gasteiger partial charge in [0.1, 0.15) is 5.82 Å². The molecule has 20 heavy (non-hydrogen) atoms. The molecule has 0 heterocycles. The number of carboxylic acid groups (broad SMARTS) is 1. The zero-order valence-corrected chi connectivity index (χ0v) is 11.6. The summed E-state index contributed by atoms with van der Waals surface area (Å²) in [6, 6.07) is 9.04. The molecule has 0 fully saturated rings. The minimum atomic E-state index is -1.07. The van der Waals surface area contributed by atoms with Crippen molar-refractivity contribution in [2.24, 2.45) is 0 Å². The summed E-state index contributed by atoms with van der Waals surface area (Å²) in [7, 11) is 0. The highest BCUT2D eigenvalue weighted by Crippen LogP contribution is 2.30. The molecule has 0 atom stereocenters. The fraction of sp³-hybridized carbons (Fsp3) is 0. The Morgan fingerprint density at radius 2 is 1.75 bits per heavy atom. The minimum absolute atomic E-state index is 0.307. The first-order valence-corrected chi connectivity index (χ1v) is 6.38. The molecular formula is C15H9Cl2FO2. The molecule has 0 radical (unpaired) electrons. The first-order valence-electron chi connectivity index (χ1n) is 5.63. The Kier molecular flexibility index (Phi) is 4.42. The third-order valence-corrected chi connectivity index (χ3v) is 3.02. The number of hydrogen-bond acceptors (Lipinski definition) is 1. The average Bonchev–Trinajstić information content (AvgIpc) is 2.36. The molecule has 102 valence electrons. The highest BCUT2D eigenvalue weighted by Gasteiger charge is 2.08. The van der Waals surface area contributed by atoms with Gasteiger partial charge in [0.25, 0.3) is 0 Å². The largest absolute Gasteiger partial charge is 0.478 e. The zero-order chi connectivity index (χ0) is 14.7. The van der Waals surface area contributed by atoms with E-state index in [0.717, 1.165) is 6.08 Å². The van der Waals surface area contributed by atoms with E-state index < -0.39 is 11.8 Å². The fourth-order valence-electron chi connectivity index (χ4n) is 1.74. The topological polar surface area (TPSA) is 37.3 Å². The summed E-state index contributed by atoms with van der Waals surface area (Å²) in [5.74, 6) is -1.50. The number of hydrogen-bond donors (Lipinski definition) is 1. The predicted molar refractivity (Wildman–Crippen MR) is 78.5 cm³/mol. The molecule has 0 spiro atoms. The van der Waals surface area contributed by atoms with Crippen LogP contribution < -0.4 is 0 Å². The molecule has 1 N–H and O–H groups in total. The van der Waals surface area contributed by atoms with Crippen LogP contribution in [0.4, 0.5) is 4.39 Å². The minimum Gasteiger partial charge on any atom is -0.478 e. The second kappa shape index (κ2) is 6.07. The van der Waals surface area contributed by atoms with E-state index in [0.29, 0.717) is 26.7 Å². The van der Waals surface area contributed by atoms with Crippen LogP contribution in [0.2, 0.25) is 10.0 Å². The highest BCUT2D eigenvalue weighted by molar-refractivity contribution is 6.35. The van der Waals surface area contributed by atoms with Gasteiger partial charge in [0.15, 0.2) is 0 Å². The van der Waals surface area contributed by atoms with Crippen LogP contribution in [0.3, 0.4) is 0 Å². The first kappa shape index (κ1) is 14.6. The summed E-state index contributed by atoms with van der Waals surface area (Å²) >= 11 is 11.8. The number of carbonyl (C=O) groups is 1. The first-order chi connectivity index (χ1) is 9.45. The monoisotopic (exact) mass is 310 g/mol. The molecule has 0 aromatic heterocycles. The SMILES string of the molecule is O=C(O)/C=C/c1ccc(F)c(-c2cc(Cl)cc(Cl)c2)c1. The van der Waals surface area contributed by atoms with E-state index in [2.05, 4.69) is 0 Å². The van der Waals surface area contributed by atoms with Crippen molar-refractivity contribution in [2.45, 2.75) is 0 Å². The van der Waals surface area contributed by atoms with Crippen LogP contribution in [-0.4, -0.2) is 11.1 Å². The Morgan fingerprint density at radius 3 is 2.35 bits per heavy atom. The Labute approximate surface area is 125 Å². The van der Waals surface area contributed by atoms with Crippen molar-refractivity contribution < 1.29 is 14.3 Å². The van der Waals surface area contributed by atoms with Crippen molar-refractivity contribution in [3.05, 3.63) is 63.9 Å². The summed E-state index contributed by atoms with van der Waals surface area (Å²) in [4.78, 5) is 10.5. The third kappa shape index (κ3) is 3.59. The van der Waals surface area contributed by atoms with Gasteiger partial charge < -0.3 is 5.11 Å². The molecule has 2 aromatic carbocycles. The van der Waals surface area contributed by atoms with Crippen LogP contribution in [0, 0.1) is 5.82 Å². The summed E-state index contributed by atoms with van der Waals surface area (Å²) in [6.07, 6.45) is 2.37. The van der Waals surface area contributed by atoms with Gasteiger partial charge in [-0.1, -0.05) is 29.3 Å². The van der Waals surface area contributed by atoms with Crippen molar-refractivity contribution >= 4 is 35.2 Å².